The molecule has 0 radical (unpaired) electrons. The third-order valence-electron chi connectivity index (χ3n) is 3.62. The van der Waals surface area contributed by atoms with Crippen LogP contribution in [0.3, 0.4) is 0 Å². The van der Waals surface area contributed by atoms with Gasteiger partial charge in [-0.1, -0.05) is 29.5 Å². The van der Waals surface area contributed by atoms with Gasteiger partial charge in [-0.05, 0) is 18.2 Å². The molecule has 0 saturated carbocycles. The third kappa shape index (κ3) is 1.80. The van der Waals surface area contributed by atoms with Crippen LogP contribution in [0.25, 0.3) is 33.1 Å². The Balaban J connectivity index is 1.94. The first-order valence-electron chi connectivity index (χ1n) is 6.93. The number of hydrogen-bond donors (Lipinski definition) is 0. The average molecular weight is 320 g/mol. The first-order valence-corrected chi connectivity index (χ1v) is 7.74. The van der Waals surface area contributed by atoms with Gasteiger partial charge in [0, 0.05) is 11.5 Å². The zero-order valence-electron chi connectivity index (χ0n) is 11.6. The predicted octanol–water partition coefficient (Wildman–Crippen LogP) is 1.99. The van der Waals surface area contributed by atoms with Gasteiger partial charge in [-0.25, -0.2) is 9.50 Å². The standard InChI is InChI=1S/C16H8N4O2S/c21-15-12(8-9-4-3-7-22-9)20-16(23-15)18-14-13(19-20)10-5-1-2-6-11(10)17-14/h1-8H. The van der Waals surface area contributed by atoms with Crippen molar-refractivity contribution in [1.29, 1.82) is 0 Å². The Labute approximate surface area is 132 Å². The molecule has 0 amide bonds. The fraction of sp³-hybridized carbons (Fsp3) is 0. The highest BCUT2D eigenvalue weighted by Crippen LogP contribution is 2.22. The lowest BCUT2D eigenvalue weighted by atomic mass is 10.2. The number of benzene rings is 1. The molecule has 6 nitrogen and oxygen atoms in total. The molecule has 1 aromatic carbocycles. The fourth-order valence-electron chi connectivity index (χ4n) is 2.59. The van der Waals surface area contributed by atoms with Gasteiger partial charge in [0.2, 0.25) is 4.96 Å². The minimum absolute atomic E-state index is 0.113. The van der Waals surface area contributed by atoms with Crippen molar-refractivity contribution in [2.45, 2.75) is 0 Å². The molecule has 23 heavy (non-hydrogen) atoms. The number of furan rings is 1. The minimum Gasteiger partial charge on any atom is -0.465 e. The van der Waals surface area contributed by atoms with E-state index in [9.17, 15) is 4.79 Å². The highest BCUT2D eigenvalue weighted by Gasteiger charge is 2.12. The molecule has 7 heteroatoms. The number of fused-ring (bicyclic) bond motifs is 4. The van der Waals surface area contributed by atoms with Crippen molar-refractivity contribution in [2.24, 2.45) is 0 Å². The Bertz CT molecular complexity index is 1280. The van der Waals surface area contributed by atoms with Crippen LogP contribution in [0.1, 0.15) is 5.76 Å². The predicted molar refractivity (Wildman–Crippen MR) is 87.4 cm³/mol. The summed E-state index contributed by atoms with van der Waals surface area (Å²) in [6.07, 6.45) is 3.24. The van der Waals surface area contributed by atoms with Crippen LogP contribution < -0.4 is 10.1 Å². The molecular formula is C16H8N4O2S. The summed E-state index contributed by atoms with van der Waals surface area (Å²) in [5.41, 5.74) is 2.08. The number of aromatic nitrogens is 4. The molecule has 0 saturated heterocycles. The molecule has 5 aromatic rings. The van der Waals surface area contributed by atoms with Crippen molar-refractivity contribution in [1.82, 2.24) is 19.6 Å². The highest BCUT2D eigenvalue weighted by molar-refractivity contribution is 7.14. The van der Waals surface area contributed by atoms with Gasteiger partial charge in [0.1, 0.15) is 16.6 Å². The van der Waals surface area contributed by atoms with E-state index in [1.54, 1.807) is 29.0 Å². The molecule has 0 atom stereocenters. The quantitative estimate of drug-likeness (QED) is 0.472. The molecule has 4 heterocycles. The summed E-state index contributed by atoms with van der Waals surface area (Å²) in [6.45, 7) is 0. The van der Waals surface area contributed by atoms with Gasteiger partial charge in [-0.3, -0.25) is 4.79 Å². The zero-order valence-corrected chi connectivity index (χ0v) is 12.4. The minimum atomic E-state index is -0.113. The van der Waals surface area contributed by atoms with E-state index in [0.717, 1.165) is 22.2 Å². The lowest BCUT2D eigenvalue weighted by molar-refractivity contribution is 0.556. The molecule has 0 N–H and O–H groups in total. The molecule has 0 spiro atoms. The second-order valence-corrected chi connectivity index (χ2v) is 5.98. The van der Waals surface area contributed by atoms with Gasteiger partial charge in [-0.15, -0.1) is 0 Å². The van der Waals surface area contributed by atoms with E-state index < -0.39 is 0 Å². The molecule has 5 rings (SSSR count). The lowest BCUT2D eigenvalue weighted by Crippen LogP contribution is -2.25. The van der Waals surface area contributed by atoms with Gasteiger partial charge < -0.3 is 4.42 Å². The summed E-state index contributed by atoms with van der Waals surface area (Å²) in [5, 5.41) is 5.95. The first kappa shape index (κ1) is 12.5. The van der Waals surface area contributed by atoms with Gasteiger partial charge in [0.05, 0.1) is 11.8 Å². The summed E-state index contributed by atoms with van der Waals surface area (Å²) in [5.74, 6) is 0.599. The summed E-state index contributed by atoms with van der Waals surface area (Å²) in [6, 6.07) is 11.3. The van der Waals surface area contributed by atoms with E-state index in [4.69, 9.17) is 4.42 Å². The molecule has 0 aliphatic rings. The summed E-state index contributed by atoms with van der Waals surface area (Å²) in [4.78, 5) is 21.7. The summed E-state index contributed by atoms with van der Waals surface area (Å²) in [7, 11) is 0. The van der Waals surface area contributed by atoms with Gasteiger partial charge in [0.25, 0.3) is 4.74 Å². The smallest absolute Gasteiger partial charge is 0.261 e. The number of para-hydroxylation sites is 1. The zero-order chi connectivity index (χ0) is 15.4. The fourth-order valence-corrected chi connectivity index (χ4v) is 3.36. The molecule has 4 aromatic heterocycles. The molecule has 0 bridgehead atoms. The first-order chi connectivity index (χ1) is 11.3. The monoisotopic (exact) mass is 320 g/mol. The van der Waals surface area contributed by atoms with Crippen LogP contribution in [0.4, 0.5) is 0 Å². The van der Waals surface area contributed by atoms with Crippen LogP contribution in [0.5, 0.6) is 0 Å². The molecule has 0 aliphatic carbocycles. The number of thiazole rings is 1. The van der Waals surface area contributed by atoms with E-state index in [1.165, 1.54) is 0 Å². The van der Waals surface area contributed by atoms with Crippen LogP contribution in [-0.4, -0.2) is 19.6 Å². The maximum Gasteiger partial charge on any atom is 0.261 e. The van der Waals surface area contributed by atoms with Crippen molar-refractivity contribution in [3.63, 3.8) is 0 Å². The Hall–Kier alpha value is -3.06. The van der Waals surface area contributed by atoms with E-state index in [1.807, 2.05) is 24.3 Å². The average Bonchev–Trinajstić information content (AvgIpc) is 3.25. The number of rotatable bonds is 1. The Morgan fingerprint density at radius 3 is 2.91 bits per heavy atom. The Morgan fingerprint density at radius 1 is 1.13 bits per heavy atom. The van der Waals surface area contributed by atoms with Crippen LogP contribution in [-0.2, 0) is 0 Å². The summed E-state index contributed by atoms with van der Waals surface area (Å²) >= 11 is 1.05. The van der Waals surface area contributed by atoms with Crippen molar-refractivity contribution in [3.05, 3.63) is 63.3 Å². The van der Waals surface area contributed by atoms with Gasteiger partial charge in [-0.2, -0.15) is 10.1 Å². The Kier molecular flexibility index (Phi) is 2.42. The van der Waals surface area contributed by atoms with Crippen molar-refractivity contribution < 1.29 is 4.42 Å². The molecule has 0 unspecified atom stereocenters. The SMILES string of the molecule is O=c1sc2nc3nc4ccccc4c3nn2c1=Cc1ccco1. The Morgan fingerprint density at radius 2 is 2.04 bits per heavy atom. The van der Waals surface area contributed by atoms with Crippen molar-refractivity contribution in [3.8, 4) is 0 Å². The van der Waals surface area contributed by atoms with E-state index in [0.29, 0.717) is 27.2 Å². The van der Waals surface area contributed by atoms with Gasteiger partial charge >= 0.3 is 0 Å². The van der Waals surface area contributed by atoms with Crippen LogP contribution in [0.2, 0.25) is 0 Å². The normalized spacial score (nSPS) is 12.8. The molecule has 0 aliphatic heterocycles. The maximum atomic E-state index is 12.3. The lowest BCUT2D eigenvalue weighted by Gasteiger charge is -1.93. The molecular weight excluding hydrogens is 312 g/mol. The topological polar surface area (TPSA) is 73.3 Å². The van der Waals surface area contributed by atoms with E-state index in [2.05, 4.69) is 15.1 Å². The van der Waals surface area contributed by atoms with E-state index >= 15 is 0 Å². The van der Waals surface area contributed by atoms with Crippen LogP contribution in [0.15, 0.2) is 51.9 Å². The van der Waals surface area contributed by atoms with E-state index in [-0.39, 0.29) is 4.74 Å². The van der Waals surface area contributed by atoms with Crippen LogP contribution in [0, 0.1) is 0 Å². The van der Waals surface area contributed by atoms with Crippen molar-refractivity contribution in [2.75, 3.05) is 0 Å². The largest absolute Gasteiger partial charge is 0.465 e. The summed E-state index contributed by atoms with van der Waals surface area (Å²) < 4.78 is 6.74. The van der Waals surface area contributed by atoms with Crippen LogP contribution >= 0.6 is 11.3 Å². The highest BCUT2D eigenvalue weighted by atomic mass is 32.1. The number of hydrogen-bond acceptors (Lipinski definition) is 6. The van der Waals surface area contributed by atoms with Gasteiger partial charge in [0.15, 0.2) is 5.65 Å². The second-order valence-electron chi connectivity index (χ2n) is 5.04. The second kappa shape index (κ2) is 4.47. The van der Waals surface area contributed by atoms with Crippen molar-refractivity contribution >= 4 is 44.4 Å². The molecule has 0 fully saturated rings. The number of nitrogens with zero attached hydrogens (tertiary/aromatic N) is 4. The molecule has 110 valence electrons. The third-order valence-corrected chi connectivity index (χ3v) is 4.46. The maximum absolute atomic E-state index is 12.3.